The van der Waals surface area contributed by atoms with Gasteiger partial charge < -0.3 is 10.4 Å². The molecule has 0 saturated carbocycles. The third-order valence-electron chi connectivity index (χ3n) is 5.47. The van der Waals surface area contributed by atoms with Gasteiger partial charge in [0.05, 0.1) is 4.91 Å². The first-order valence-electron chi connectivity index (χ1n) is 10.8. The van der Waals surface area contributed by atoms with Crippen LogP contribution in [0.3, 0.4) is 0 Å². The number of allylic oxidation sites excluding steroid dienone is 4. The van der Waals surface area contributed by atoms with Crippen LogP contribution in [0.1, 0.15) is 17.5 Å². The van der Waals surface area contributed by atoms with E-state index in [0.29, 0.717) is 6.54 Å². The Labute approximate surface area is 198 Å². The van der Waals surface area contributed by atoms with Gasteiger partial charge in [-0.05, 0) is 52.9 Å². The van der Waals surface area contributed by atoms with E-state index in [4.69, 9.17) is 0 Å². The average molecular weight is 476 g/mol. The average Bonchev–Trinajstić information content (AvgIpc) is 3.40. The lowest BCUT2D eigenvalue weighted by atomic mass is 9.99. The van der Waals surface area contributed by atoms with E-state index in [2.05, 4.69) is 21.1 Å². The quantitative estimate of drug-likeness (QED) is 0.407. The number of rotatable bonds is 10. The Morgan fingerprint density at radius 2 is 1.82 bits per heavy atom. The van der Waals surface area contributed by atoms with Crippen molar-refractivity contribution in [3.63, 3.8) is 0 Å². The molecular formula is C26H25N3O4S. The molecule has 1 aliphatic carbocycles. The summed E-state index contributed by atoms with van der Waals surface area (Å²) in [7, 11) is -3.85. The molecule has 0 fully saturated rings. The summed E-state index contributed by atoms with van der Waals surface area (Å²) >= 11 is 0. The normalized spacial score (nSPS) is 13.9. The zero-order valence-corrected chi connectivity index (χ0v) is 19.2. The summed E-state index contributed by atoms with van der Waals surface area (Å²) in [6, 6.07) is 20.1. The number of carboxylic acids is 1. The van der Waals surface area contributed by atoms with Crippen LogP contribution in [0.5, 0.6) is 0 Å². The minimum absolute atomic E-state index is 0.0452. The molecule has 1 atom stereocenters. The number of aliphatic carboxylic acids is 1. The number of benzene rings is 2. The maximum absolute atomic E-state index is 12.5. The molecule has 7 nitrogen and oxygen atoms in total. The fourth-order valence-electron chi connectivity index (χ4n) is 3.66. The second kappa shape index (κ2) is 10.5. The van der Waals surface area contributed by atoms with Crippen LogP contribution in [0.4, 0.5) is 5.82 Å². The van der Waals surface area contributed by atoms with Gasteiger partial charge in [-0.1, -0.05) is 60.7 Å². The molecule has 0 saturated heterocycles. The first-order valence-corrected chi connectivity index (χ1v) is 12.3. The number of hydrogen-bond acceptors (Lipinski definition) is 5. The molecule has 8 heteroatoms. The van der Waals surface area contributed by atoms with Crippen molar-refractivity contribution < 1.29 is 18.3 Å². The Bertz CT molecular complexity index is 1320. The van der Waals surface area contributed by atoms with Gasteiger partial charge in [0.25, 0.3) is 0 Å². The molecule has 4 rings (SSSR count). The fraction of sp³-hybridized carbons (Fsp3) is 0.154. The van der Waals surface area contributed by atoms with Crippen molar-refractivity contribution >= 4 is 21.8 Å². The van der Waals surface area contributed by atoms with Gasteiger partial charge >= 0.3 is 5.97 Å². The predicted molar refractivity (Wildman–Crippen MR) is 132 cm³/mol. The molecule has 1 heterocycles. The Hall–Kier alpha value is -3.75. The second-order valence-corrected chi connectivity index (χ2v) is 9.71. The zero-order valence-electron chi connectivity index (χ0n) is 18.4. The zero-order chi connectivity index (χ0) is 24.0. The van der Waals surface area contributed by atoms with E-state index < -0.39 is 22.0 Å². The molecule has 0 aliphatic heterocycles. The van der Waals surface area contributed by atoms with Crippen molar-refractivity contribution in [2.24, 2.45) is 0 Å². The van der Waals surface area contributed by atoms with Gasteiger partial charge in [0.2, 0.25) is 10.0 Å². The van der Waals surface area contributed by atoms with Crippen LogP contribution in [0.2, 0.25) is 0 Å². The van der Waals surface area contributed by atoms with E-state index in [0.717, 1.165) is 28.1 Å². The first kappa shape index (κ1) is 23.4. The van der Waals surface area contributed by atoms with Crippen molar-refractivity contribution in [2.45, 2.75) is 25.4 Å². The molecule has 3 aromatic rings. The first-order chi connectivity index (χ1) is 16.4. The molecule has 1 aromatic heterocycles. The van der Waals surface area contributed by atoms with Gasteiger partial charge in [-0.2, -0.15) is 4.72 Å². The number of anilines is 1. The highest BCUT2D eigenvalue weighted by Crippen LogP contribution is 2.23. The molecule has 0 amide bonds. The number of sulfonamides is 1. The summed E-state index contributed by atoms with van der Waals surface area (Å²) in [5.74, 6) is -0.409. The highest BCUT2D eigenvalue weighted by atomic mass is 32.2. The monoisotopic (exact) mass is 475 g/mol. The second-order valence-electron chi connectivity index (χ2n) is 7.95. The molecular weight excluding hydrogens is 450 g/mol. The highest BCUT2D eigenvalue weighted by molar-refractivity contribution is 7.93. The van der Waals surface area contributed by atoms with E-state index in [1.54, 1.807) is 18.3 Å². The summed E-state index contributed by atoms with van der Waals surface area (Å²) in [6.45, 7) is 0.634. The summed E-state index contributed by atoms with van der Waals surface area (Å²) in [4.78, 5) is 16.1. The third-order valence-corrected chi connectivity index (χ3v) is 7.06. The Kier molecular flexibility index (Phi) is 7.20. The van der Waals surface area contributed by atoms with Gasteiger partial charge in [0.1, 0.15) is 11.9 Å². The van der Waals surface area contributed by atoms with Crippen molar-refractivity contribution in [2.75, 3.05) is 5.32 Å². The van der Waals surface area contributed by atoms with Crippen LogP contribution in [0, 0.1) is 0 Å². The minimum atomic E-state index is -3.85. The summed E-state index contributed by atoms with van der Waals surface area (Å²) in [5.41, 5.74) is 3.84. The maximum atomic E-state index is 12.5. The SMILES string of the molecule is O=C(O)C(Cc1ccc(-c2cccc(CNc3ccccn3)c2)cc1)NS(=O)(=O)C1=CC=CC1. The van der Waals surface area contributed by atoms with E-state index in [1.165, 1.54) is 6.08 Å². The van der Waals surface area contributed by atoms with Crippen LogP contribution in [0.25, 0.3) is 11.1 Å². The molecule has 34 heavy (non-hydrogen) atoms. The van der Waals surface area contributed by atoms with Crippen molar-refractivity contribution in [1.82, 2.24) is 9.71 Å². The van der Waals surface area contributed by atoms with Crippen LogP contribution >= 0.6 is 0 Å². The minimum Gasteiger partial charge on any atom is -0.480 e. The van der Waals surface area contributed by atoms with Crippen molar-refractivity contribution in [3.05, 3.63) is 107 Å². The Morgan fingerprint density at radius 1 is 1.00 bits per heavy atom. The van der Waals surface area contributed by atoms with E-state index in [-0.39, 0.29) is 17.7 Å². The van der Waals surface area contributed by atoms with Crippen LogP contribution in [-0.2, 0) is 27.8 Å². The lowest BCUT2D eigenvalue weighted by Gasteiger charge is -2.16. The Morgan fingerprint density at radius 3 is 2.50 bits per heavy atom. The van der Waals surface area contributed by atoms with Gasteiger partial charge in [0.15, 0.2) is 0 Å². The number of pyridine rings is 1. The molecule has 0 radical (unpaired) electrons. The highest BCUT2D eigenvalue weighted by Gasteiger charge is 2.27. The number of carbonyl (C=O) groups is 1. The molecule has 1 unspecified atom stereocenters. The maximum Gasteiger partial charge on any atom is 0.322 e. The molecule has 0 spiro atoms. The lowest BCUT2D eigenvalue weighted by molar-refractivity contribution is -0.138. The molecule has 0 bridgehead atoms. The topological polar surface area (TPSA) is 108 Å². The largest absolute Gasteiger partial charge is 0.480 e. The van der Waals surface area contributed by atoms with Gasteiger partial charge in [-0.3, -0.25) is 4.79 Å². The number of hydrogen-bond donors (Lipinski definition) is 3. The van der Waals surface area contributed by atoms with Crippen molar-refractivity contribution in [3.8, 4) is 11.1 Å². The van der Waals surface area contributed by atoms with E-state index >= 15 is 0 Å². The van der Waals surface area contributed by atoms with Crippen LogP contribution in [0.15, 0.2) is 96.1 Å². The van der Waals surface area contributed by atoms with Gasteiger partial charge in [-0.15, -0.1) is 0 Å². The van der Waals surface area contributed by atoms with Gasteiger partial charge in [0, 0.05) is 19.2 Å². The number of nitrogens with zero attached hydrogens (tertiary/aromatic N) is 1. The molecule has 174 valence electrons. The summed E-state index contributed by atoms with van der Waals surface area (Å²) in [5, 5.41) is 12.9. The fourth-order valence-corrected chi connectivity index (χ4v) is 4.94. The summed E-state index contributed by atoms with van der Waals surface area (Å²) in [6.07, 6.45) is 6.90. The standard InChI is InChI=1S/C26H25N3O4S/c30-26(31)24(29-34(32,33)23-8-1-2-9-23)17-19-11-13-21(14-12-19)22-7-5-6-20(16-22)18-28-25-10-3-4-15-27-25/h1-8,10-16,24,29H,9,17-18H2,(H,27,28)(H,30,31). The smallest absolute Gasteiger partial charge is 0.322 e. The van der Waals surface area contributed by atoms with E-state index in [9.17, 15) is 18.3 Å². The van der Waals surface area contributed by atoms with E-state index in [1.807, 2.05) is 60.7 Å². The Balaban J connectivity index is 1.42. The number of nitrogens with one attached hydrogen (secondary N) is 2. The third kappa shape index (κ3) is 5.98. The van der Waals surface area contributed by atoms with Crippen LogP contribution < -0.4 is 10.0 Å². The number of aromatic nitrogens is 1. The predicted octanol–water partition coefficient (Wildman–Crippen LogP) is 4.12. The number of carboxylic acid groups (broad SMARTS) is 1. The lowest BCUT2D eigenvalue weighted by Crippen LogP contribution is -2.42. The molecule has 2 aromatic carbocycles. The molecule has 3 N–H and O–H groups in total. The summed E-state index contributed by atoms with van der Waals surface area (Å²) < 4.78 is 27.2. The van der Waals surface area contributed by atoms with Crippen LogP contribution in [-0.4, -0.2) is 30.5 Å². The molecule has 1 aliphatic rings. The van der Waals surface area contributed by atoms with Crippen molar-refractivity contribution in [1.29, 1.82) is 0 Å². The van der Waals surface area contributed by atoms with Gasteiger partial charge in [-0.25, -0.2) is 13.4 Å².